The first kappa shape index (κ1) is 19.5. The molecule has 0 radical (unpaired) electrons. The van der Waals surface area contributed by atoms with Crippen LogP contribution < -0.4 is 9.47 Å². The zero-order valence-electron chi connectivity index (χ0n) is 15.2. The van der Waals surface area contributed by atoms with E-state index >= 15 is 0 Å². The number of methoxy groups -OCH3 is 1. The van der Waals surface area contributed by atoms with Crippen LogP contribution in [0.4, 0.5) is 13.2 Å². The van der Waals surface area contributed by atoms with Gasteiger partial charge in [0.1, 0.15) is 6.10 Å². The van der Waals surface area contributed by atoms with E-state index in [-0.39, 0.29) is 6.10 Å². The first-order valence-corrected chi connectivity index (χ1v) is 8.65. The Morgan fingerprint density at radius 2 is 1.74 bits per heavy atom. The van der Waals surface area contributed by atoms with Gasteiger partial charge in [-0.3, -0.25) is 0 Å². The molecule has 27 heavy (non-hydrogen) atoms. The first-order chi connectivity index (χ1) is 12.9. The van der Waals surface area contributed by atoms with Crippen LogP contribution in [0.15, 0.2) is 48.5 Å². The van der Waals surface area contributed by atoms with Crippen molar-refractivity contribution in [3.8, 4) is 11.5 Å². The maximum atomic E-state index is 12.9. The van der Waals surface area contributed by atoms with Gasteiger partial charge in [0.2, 0.25) is 0 Å². The SMILES string of the molecule is COc1ccccc1OC(c1ccc(C(F)(F)F)cc1)C1CN(C)CCO1. The van der Waals surface area contributed by atoms with E-state index in [4.69, 9.17) is 14.2 Å². The maximum Gasteiger partial charge on any atom is 0.416 e. The van der Waals surface area contributed by atoms with Crippen LogP contribution in [-0.2, 0) is 10.9 Å². The van der Waals surface area contributed by atoms with E-state index in [9.17, 15) is 13.2 Å². The number of hydrogen-bond donors (Lipinski definition) is 0. The molecule has 0 aliphatic carbocycles. The van der Waals surface area contributed by atoms with Crippen molar-refractivity contribution in [2.45, 2.75) is 18.4 Å². The van der Waals surface area contributed by atoms with Gasteiger partial charge in [-0.25, -0.2) is 0 Å². The van der Waals surface area contributed by atoms with Gasteiger partial charge in [-0.15, -0.1) is 0 Å². The molecule has 0 amide bonds. The van der Waals surface area contributed by atoms with Crippen LogP contribution in [0.25, 0.3) is 0 Å². The number of ether oxygens (including phenoxy) is 3. The van der Waals surface area contributed by atoms with Gasteiger partial charge >= 0.3 is 6.18 Å². The molecule has 1 fully saturated rings. The predicted octanol–water partition coefficient (Wildman–Crippen LogP) is 4.16. The van der Waals surface area contributed by atoms with Crippen molar-refractivity contribution >= 4 is 0 Å². The highest BCUT2D eigenvalue weighted by Gasteiger charge is 2.33. The summed E-state index contributed by atoms with van der Waals surface area (Å²) in [5, 5.41) is 0. The Balaban J connectivity index is 1.92. The Labute approximate surface area is 156 Å². The van der Waals surface area contributed by atoms with E-state index in [2.05, 4.69) is 4.90 Å². The molecule has 1 aliphatic heterocycles. The van der Waals surface area contributed by atoms with Crippen LogP contribution in [0.1, 0.15) is 17.2 Å². The van der Waals surface area contributed by atoms with E-state index < -0.39 is 17.8 Å². The third-order valence-electron chi connectivity index (χ3n) is 4.52. The summed E-state index contributed by atoms with van der Waals surface area (Å²) < 4.78 is 56.1. The van der Waals surface area contributed by atoms with Crippen molar-refractivity contribution in [2.75, 3.05) is 33.9 Å². The third kappa shape index (κ3) is 4.73. The smallest absolute Gasteiger partial charge is 0.416 e. The van der Waals surface area contributed by atoms with Gasteiger partial charge < -0.3 is 19.1 Å². The monoisotopic (exact) mass is 381 g/mol. The van der Waals surface area contributed by atoms with E-state index in [1.54, 1.807) is 19.2 Å². The molecule has 2 unspecified atom stereocenters. The fourth-order valence-electron chi connectivity index (χ4n) is 3.07. The van der Waals surface area contributed by atoms with Gasteiger partial charge in [0.15, 0.2) is 17.6 Å². The molecule has 2 aromatic rings. The fourth-order valence-corrected chi connectivity index (χ4v) is 3.07. The van der Waals surface area contributed by atoms with Gasteiger partial charge in [0.05, 0.1) is 19.3 Å². The molecule has 0 aromatic heterocycles. The fraction of sp³-hybridized carbons (Fsp3) is 0.400. The maximum absolute atomic E-state index is 12.9. The molecular formula is C20H22F3NO3. The minimum absolute atomic E-state index is 0.314. The van der Waals surface area contributed by atoms with Crippen LogP contribution in [0, 0.1) is 0 Å². The first-order valence-electron chi connectivity index (χ1n) is 8.65. The number of para-hydroxylation sites is 2. The van der Waals surface area contributed by atoms with Crippen LogP contribution in [-0.4, -0.2) is 44.9 Å². The lowest BCUT2D eigenvalue weighted by Crippen LogP contribution is -2.44. The van der Waals surface area contributed by atoms with E-state index in [1.165, 1.54) is 12.1 Å². The van der Waals surface area contributed by atoms with Crippen LogP contribution in [0.3, 0.4) is 0 Å². The minimum Gasteiger partial charge on any atom is -0.493 e. The number of hydrogen-bond acceptors (Lipinski definition) is 4. The molecule has 0 spiro atoms. The van der Waals surface area contributed by atoms with Gasteiger partial charge in [0, 0.05) is 13.1 Å². The Morgan fingerprint density at radius 1 is 1.07 bits per heavy atom. The molecular weight excluding hydrogens is 359 g/mol. The average Bonchev–Trinajstić information content (AvgIpc) is 2.66. The van der Waals surface area contributed by atoms with Crippen molar-refractivity contribution in [1.82, 2.24) is 4.90 Å². The molecule has 0 N–H and O–H groups in total. The van der Waals surface area contributed by atoms with Gasteiger partial charge in [-0.05, 0) is 36.9 Å². The van der Waals surface area contributed by atoms with Gasteiger partial charge in [0.25, 0.3) is 0 Å². The van der Waals surface area contributed by atoms with Crippen molar-refractivity contribution in [1.29, 1.82) is 0 Å². The molecule has 0 saturated carbocycles. The number of alkyl halides is 3. The normalized spacial score (nSPS) is 19.5. The quantitative estimate of drug-likeness (QED) is 0.778. The van der Waals surface area contributed by atoms with Crippen molar-refractivity contribution in [3.63, 3.8) is 0 Å². The summed E-state index contributed by atoms with van der Waals surface area (Å²) in [7, 11) is 3.52. The molecule has 1 aliphatic rings. The Morgan fingerprint density at radius 3 is 2.33 bits per heavy atom. The second-order valence-electron chi connectivity index (χ2n) is 6.48. The zero-order valence-corrected chi connectivity index (χ0v) is 15.2. The number of rotatable bonds is 5. The van der Waals surface area contributed by atoms with Crippen LogP contribution >= 0.6 is 0 Å². The lowest BCUT2D eigenvalue weighted by molar-refractivity contribution is -0.137. The van der Waals surface area contributed by atoms with Gasteiger partial charge in [-0.2, -0.15) is 13.2 Å². The van der Waals surface area contributed by atoms with Crippen LogP contribution in [0.5, 0.6) is 11.5 Å². The summed E-state index contributed by atoms with van der Waals surface area (Å²) in [6, 6.07) is 12.2. The largest absolute Gasteiger partial charge is 0.493 e. The summed E-state index contributed by atoms with van der Waals surface area (Å²) in [5.74, 6) is 1.07. The summed E-state index contributed by atoms with van der Waals surface area (Å²) >= 11 is 0. The predicted molar refractivity (Wildman–Crippen MR) is 95.0 cm³/mol. The molecule has 7 heteroatoms. The van der Waals surface area contributed by atoms with Crippen molar-refractivity contribution in [2.24, 2.45) is 0 Å². The lowest BCUT2D eigenvalue weighted by Gasteiger charge is -2.35. The lowest BCUT2D eigenvalue weighted by atomic mass is 10.0. The second kappa shape index (κ2) is 8.19. The standard InChI is InChI=1S/C20H22F3NO3/c1-24-11-12-26-18(13-24)19(27-17-6-4-3-5-16(17)25-2)14-7-9-15(10-8-14)20(21,22)23/h3-10,18-19H,11-13H2,1-2H3. The molecule has 146 valence electrons. The molecule has 2 atom stereocenters. The summed E-state index contributed by atoms with van der Waals surface area (Å²) in [4.78, 5) is 2.11. The molecule has 3 rings (SSSR count). The third-order valence-corrected chi connectivity index (χ3v) is 4.52. The number of morpholine rings is 1. The Hall–Kier alpha value is -2.25. The van der Waals surface area contributed by atoms with E-state index in [0.29, 0.717) is 30.2 Å². The molecule has 1 saturated heterocycles. The Kier molecular flexibility index (Phi) is 5.92. The highest BCUT2D eigenvalue weighted by atomic mass is 19.4. The van der Waals surface area contributed by atoms with Crippen LogP contribution in [0.2, 0.25) is 0 Å². The Bertz CT molecular complexity index is 749. The topological polar surface area (TPSA) is 30.9 Å². The number of likely N-dealkylation sites (N-methyl/N-ethyl adjacent to an activating group) is 1. The summed E-state index contributed by atoms with van der Waals surface area (Å²) in [6.45, 7) is 1.94. The zero-order chi connectivity index (χ0) is 19.4. The highest BCUT2D eigenvalue weighted by Crippen LogP contribution is 2.35. The number of nitrogens with zero attached hydrogens (tertiary/aromatic N) is 1. The van der Waals surface area contributed by atoms with Gasteiger partial charge in [-0.1, -0.05) is 24.3 Å². The van der Waals surface area contributed by atoms with E-state index in [0.717, 1.165) is 18.7 Å². The average molecular weight is 381 g/mol. The number of benzene rings is 2. The highest BCUT2D eigenvalue weighted by molar-refractivity contribution is 5.40. The summed E-state index contributed by atoms with van der Waals surface area (Å²) in [6.07, 6.45) is -5.25. The molecule has 4 nitrogen and oxygen atoms in total. The number of halogens is 3. The molecule has 0 bridgehead atoms. The summed E-state index contributed by atoms with van der Waals surface area (Å²) in [5.41, 5.74) is -0.0711. The second-order valence-corrected chi connectivity index (χ2v) is 6.48. The molecule has 1 heterocycles. The van der Waals surface area contributed by atoms with Crippen molar-refractivity contribution < 1.29 is 27.4 Å². The van der Waals surface area contributed by atoms with Crippen molar-refractivity contribution in [3.05, 3.63) is 59.7 Å². The minimum atomic E-state index is -4.38. The molecule has 2 aromatic carbocycles. The van der Waals surface area contributed by atoms with E-state index in [1.807, 2.05) is 19.2 Å².